The molecule has 0 saturated carbocycles. The van der Waals surface area contributed by atoms with Gasteiger partial charge in [-0.2, -0.15) is 0 Å². The molecule has 2 aromatic carbocycles. The lowest BCUT2D eigenvalue weighted by molar-refractivity contribution is -0.114. The summed E-state index contributed by atoms with van der Waals surface area (Å²) in [4.78, 5) is 25.9. The van der Waals surface area contributed by atoms with Crippen LogP contribution in [0.1, 0.15) is 29.8 Å². The monoisotopic (exact) mass is 368 g/mol. The molecule has 142 valence electrons. The lowest BCUT2D eigenvalue weighted by Crippen LogP contribution is -2.35. The number of ether oxygens (including phenoxy) is 2. The van der Waals surface area contributed by atoms with E-state index in [2.05, 4.69) is 5.32 Å². The lowest BCUT2D eigenvalue weighted by atomic mass is 10.0. The smallest absolute Gasteiger partial charge is 0.221 e. The fourth-order valence-electron chi connectivity index (χ4n) is 2.97. The largest absolute Gasteiger partial charge is 0.486 e. The van der Waals surface area contributed by atoms with Crippen LogP contribution in [0, 0.1) is 0 Å². The number of Topliss-reactive ketones (excluding diaryl/α,β-unsaturated/α-hetero) is 1. The molecule has 1 aliphatic rings. The molecule has 0 bridgehead atoms. The van der Waals surface area contributed by atoms with Crippen LogP contribution < -0.4 is 14.8 Å². The van der Waals surface area contributed by atoms with Gasteiger partial charge in [0.15, 0.2) is 17.3 Å². The van der Waals surface area contributed by atoms with E-state index in [1.807, 2.05) is 37.1 Å². The molecule has 0 spiro atoms. The lowest BCUT2D eigenvalue weighted by Gasteiger charge is -2.25. The molecule has 1 atom stereocenters. The fourth-order valence-corrected chi connectivity index (χ4v) is 2.97. The highest BCUT2D eigenvalue weighted by Crippen LogP contribution is 2.31. The van der Waals surface area contributed by atoms with Crippen molar-refractivity contribution >= 4 is 17.4 Å². The number of amides is 1. The minimum Gasteiger partial charge on any atom is -0.486 e. The van der Waals surface area contributed by atoms with Crippen LogP contribution in [0.2, 0.25) is 0 Å². The predicted molar refractivity (Wildman–Crippen MR) is 103 cm³/mol. The molecule has 0 fully saturated rings. The van der Waals surface area contributed by atoms with Crippen LogP contribution in [0.15, 0.2) is 42.5 Å². The summed E-state index contributed by atoms with van der Waals surface area (Å²) in [5, 5.41) is 2.70. The van der Waals surface area contributed by atoms with Gasteiger partial charge in [-0.15, -0.1) is 0 Å². The van der Waals surface area contributed by atoms with E-state index in [1.54, 1.807) is 24.3 Å². The number of anilines is 1. The van der Waals surface area contributed by atoms with Gasteiger partial charge in [0.1, 0.15) is 13.2 Å². The standard InChI is InChI=1S/C21H24N2O4/c1-14(21(25)17-5-7-18(8-6-17)22-15(2)24)23(3)13-16-4-9-19-20(12-16)27-11-10-26-19/h4-9,12,14H,10-11,13H2,1-3H3,(H,22,24)/t14-/m0/s1. The number of nitrogens with one attached hydrogen (secondary N) is 1. The Labute approximate surface area is 159 Å². The molecule has 1 aliphatic heterocycles. The van der Waals surface area contributed by atoms with E-state index in [-0.39, 0.29) is 17.7 Å². The number of carbonyl (C=O) groups is 2. The first-order chi connectivity index (χ1) is 12.9. The van der Waals surface area contributed by atoms with Crippen molar-refractivity contribution < 1.29 is 19.1 Å². The number of ketones is 1. The Hall–Kier alpha value is -2.86. The number of hydrogen-bond acceptors (Lipinski definition) is 5. The summed E-state index contributed by atoms with van der Waals surface area (Å²) in [7, 11) is 1.92. The summed E-state index contributed by atoms with van der Waals surface area (Å²) in [6.45, 7) is 5.08. The van der Waals surface area contributed by atoms with Crippen LogP contribution >= 0.6 is 0 Å². The second kappa shape index (κ2) is 8.22. The molecule has 1 N–H and O–H groups in total. The van der Waals surface area contributed by atoms with Crippen LogP contribution in [-0.4, -0.2) is 42.9 Å². The molecule has 27 heavy (non-hydrogen) atoms. The van der Waals surface area contributed by atoms with Crippen molar-refractivity contribution in [2.45, 2.75) is 26.4 Å². The van der Waals surface area contributed by atoms with Crippen LogP contribution in [0.25, 0.3) is 0 Å². The number of likely N-dealkylation sites (N-methyl/N-ethyl adjacent to an activating group) is 1. The summed E-state index contributed by atoms with van der Waals surface area (Å²) in [5.74, 6) is 1.40. The molecule has 0 unspecified atom stereocenters. The second-order valence-electron chi connectivity index (χ2n) is 6.69. The van der Waals surface area contributed by atoms with E-state index in [1.165, 1.54) is 6.92 Å². The zero-order valence-electron chi connectivity index (χ0n) is 15.8. The summed E-state index contributed by atoms with van der Waals surface area (Å²) >= 11 is 0. The van der Waals surface area contributed by atoms with Crippen LogP contribution in [0.3, 0.4) is 0 Å². The number of carbonyl (C=O) groups excluding carboxylic acids is 2. The maximum absolute atomic E-state index is 12.8. The Morgan fingerprint density at radius 1 is 1.07 bits per heavy atom. The molecule has 1 heterocycles. The van der Waals surface area contributed by atoms with Crippen LogP contribution in [0.4, 0.5) is 5.69 Å². The van der Waals surface area contributed by atoms with Crippen molar-refractivity contribution in [2.75, 3.05) is 25.6 Å². The average molecular weight is 368 g/mol. The first kappa shape index (κ1) is 18.9. The van der Waals surface area contributed by atoms with Gasteiger partial charge in [-0.05, 0) is 55.9 Å². The molecule has 0 saturated heterocycles. The molecule has 6 nitrogen and oxygen atoms in total. The van der Waals surface area contributed by atoms with E-state index in [9.17, 15) is 9.59 Å². The number of rotatable bonds is 6. The van der Waals surface area contributed by atoms with E-state index >= 15 is 0 Å². The van der Waals surface area contributed by atoms with Crippen molar-refractivity contribution in [3.63, 3.8) is 0 Å². The summed E-state index contributed by atoms with van der Waals surface area (Å²) in [6.07, 6.45) is 0. The van der Waals surface area contributed by atoms with E-state index in [0.717, 1.165) is 17.1 Å². The van der Waals surface area contributed by atoms with Crippen LogP contribution in [-0.2, 0) is 11.3 Å². The quantitative estimate of drug-likeness (QED) is 0.794. The Morgan fingerprint density at radius 3 is 2.41 bits per heavy atom. The van der Waals surface area contributed by atoms with E-state index in [0.29, 0.717) is 31.0 Å². The van der Waals surface area contributed by atoms with Gasteiger partial charge >= 0.3 is 0 Å². The number of fused-ring (bicyclic) bond motifs is 1. The van der Waals surface area contributed by atoms with Gasteiger partial charge in [0, 0.05) is 24.7 Å². The second-order valence-corrected chi connectivity index (χ2v) is 6.69. The Balaban J connectivity index is 1.64. The highest BCUT2D eigenvalue weighted by molar-refractivity contribution is 6.00. The third kappa shape index (κ3) is 4.65. The third-order valence-corrected chi connectivity index (χ3v) is 4.57. The van der Waals surface area contributed by atoms with Crippen molar-refractivity contribution in [2.24, 2.45) is 0 Å². The minimum atomic E-state index is -0.287. The maximum Gasteiger partial charge on any atom is 0.221 e. The molecule has 6 heteroatoms. The van der Waals surface area contributed by atoms with Gasteiger partial charge in [-0.1, -0.05) is 6.07 Å². The first-order valence-electron chi connectivity index (χ1n) is 8.94. The van der Waals surface area contributed by atoms with Gasteiger partial charge < -0.3 is 14.8 Å². The maximum atomic E-state index is 12.8. The van der Waals surface area contributed by atoms with Crippen molar-refractivity contribution in [3.8, 4) is 11.5 Å². The highest BCUT2D eigenvalue weighted by atomic mass is 16.6. The molecule has 0 radical (unpaired) electrons. The van der Waals surface area contributed by atoms with Crippen molar-refractivity contribution in [1.82, 2.24) is 4.90 Å². The Bertz CT molecular complexity index is 833. The normalized spacial score (nSPS) is 13.9. The first-order valence-corrected chi connectivity index (χ1v) is 8.94. The van der Waals surface area contributed by atoms with Crippen molar-refractivity contribution in [3.05, 3.63) is 53.6 Å². The SMILES string of the molecule is CC(=O)Nc1ccc(C(=O)[C@H](C)N(C)Cc2ccc3c(c2)OCCO3)cc1. The zero-order chi connectivity index (χ0) is 19.4. The third-order valence-electron chi connectivity index (χ3n) is 4.57. The number of nitrogens with zero attached hydrogens (tertiary/aromatic N) is 1. The fraction of sp³-hybridized carbons (Fsp3) is 0.333. The number of hydrogen-bond donors (Lipinski definition) is 1. The Kier molecular flexibility index (Phi) is 5.76. The highest BCUT2D eigenvalue weighted by Gasteiger charge is 2.21. The van der Waals surface area contributed by atoms with E-state index in [4.69, 9.17) is 9.47 Å². The van der Waals surface area contributed by atoms with Gasteiger partial charge in [0.05, 0.1) is 6.04 Å². The van der Waals surface area contributed by atoms with Gasteiger partial charge in [-0.25, -0.2) is 0 Å². The molecular formula is C21H24N2O4. The molecule has 0 aliphatic carbocycles. The van der Waals surface area contributed by atoms with Crippen molar-refractivity contribution in [1.29, 1.82) is 0 Å². The summed E-state index contributed by atoms with van der Waals surface area (Å²) in [6, 6.07) is 12.5. The molecule has 1 amide bonds. The molecule has 2 aromatic rings. The van der Waals surface area contributed by atoms with E-state index < -0.39 is 0 Å². The number of benzene rings is 2. The Morgan fingerprint density at radius 2 is 1.74 bits per heavy atom. The predicted octanol–water partition coefficient (Wildman–Crippen LogP) is 3.12. The molecule has 3 rings (SSSR count). The zero-order valence-corrected chi connectivity index (χ0v) is 15.8. The minimum absolute atomic E-state index is 0.0319. The van der Waals surface area contributed by atoms with Gasteiger partial charge in [0.25, 0.3) is 0 Å². The summed E-state index contributed by atoms with van der Waals surface area (Å²) in [5.41, 5.74) is 2.35. The topological polar surface area (TPSA) is 67.9 Å². The summed E-state index contributed by atoms with van der Waals surface area (Å²) < 4.78 is 11.2. The van der Waals surface area contributed by atoms with Gasteiger partial charge in [-0.3, -0.25) is 14.5 Å². The average Bonchev–Trinajstić information content (AvgIpc) is 2.67. The van der Waals surface area contributed by atoms with Crippen LogP contribution in [0.5, 0.6) is 11.5 Å². The van der Waals surface area contributed by atoms with Gasteiger partial charge in [0.2, 0.25) is 5.91 Å². The molecule has 0 aromatic heterocycles. The molecular weight excluding hydrogens is 344 g/mol.